The van der Waals surface area contributed by atoms with Crippen molar-refractivity contribution in [2.45, 2.75) is 19.9 Å². The summed E-state index contributed by atoms with van der Waals surface area (Å²) >= 11 is 0. The molecule has 6 heteroatoms. The summed E-state index contributed by atoms with van der Waals surface area (Å²) in [6.07, 6.45) is 2.51. The first-order chi connectivity index (χ1) is 16.0. The van der Waals surface area contributed by atoms with Gasteiger partial charge in [0.2, 0.25) is 5.78 Å². The number of benzene rings is 3. The minimum atomic E-state index is -0.232. The van der Waals surface area contributed by atoms with Crippen LogP contribution in [0.2, 0.25) is 0 Å². The van der Waals surface area contributed by atoms with Crippen LogP contribution in [0.5, 0.6) is 17.2 Å². The van der Waals surface area contributed by atoms with Crippen LogP contribution in [0.3, 0.4) is 0 Å². The highest BCUT2D eigenvalue weighted by Crippen LogP contribution is 2.43. The minimum absolute atomic E-state index is 0.148. The number of hydrogen-bond acceptors (Lipinski definition) is 5. The van der Waals surface area contributed by atoms with Crippen LogP contribution >= 0.6 is 0 Å². The third-order valence-electron chi connectivity index (χ3n) is 6.06. The molecule has 2 aliphatic heterocycles. The molecule has 0 unspecified atom stereocenters. The first-order valence-electron chi connectivity index (χ1n) is 10.9. The highest BCUT2D eigenvalue weighted by Gasteiger charge is 2.33. The number of hydrogen-bond donors (Lipinski definition) is 0. The molecular formula is C27H24FNO4. The molecule has 0 bridgehead atoms. The summed E-state index contributed by atoms with van der Waals surface area (Å²) in [5, 5.41) is 0. The Hall–Kier alpha value is -3.64. The summed E-state index contributed by atoms with van der Waals surface area (Å²) in [6, 6.07) is 15.9. The molecule has 0 amide bonds. The first kappa shape index (κ1) is 21.2. The van der Waals surface area contributed by atoms with Gasteiger partial charge in [-0.05, 0) is 49.2 Å². The summed E-state index contributed by atoms with van der Waals surface area (Å²) < 4.78 is 30.6. The maximum absolute atomic E-state index is 13.1. The normalized spacial score (nSPS) is 16.2. The second-order valence-electron chi connectivity index (χ2n) is 8.25. The van der Waals surface area contributed by atoms with Gasteiger partial charge in [-0.25, -0.2) is 4.39 Å². The van der Waals surface area contributed by atoms with E-state index in [0.717, 1.165) is 41.0 Å². The zero-order chi connectivity index (χ0) is 22.9. The van der Waals surface area contributed by atoms with E-state index in [2.05, 4.69) is 4.90 Å². The monoisotopic (exact) mass is 445 g/mol. The Kier molecular flexibility index (Phi) is 5.60. The fourth-order valence-corrected chi connectivity index (χ4v) is 4.31. The SMILES string of the molecule is COc1ccccc1/C=C1\Oc2c(cc3c(c2C)OCN(CCc2ccc(F)cc2)C3)C1=O. The summed E-state index contributed by atoms with van der Waals surface area (Å²) in [5.41, 5.74) is 4.20. The molecule has 33 heavy (non-hydrogen) atoms. The fourth-order valence-electron chi connectivity index (χ4n) is 4.31. The van der Waals surface area contributed by atoms with Crippen molar-refractivity contribution in [1.82, 2.24) is 4.90 Å². The van der Waals surface area contributed by atoms with Crippen molar-refractivity contribution >= 4 is 11.9 Å². The van der Waals surface area contributed by atoms with E-state index in [0.29, 0.717) is 30.3 Å². The third-order valence-corrected chi connectivity index (χ3v) is 6.06. The van der Waals surface area contributed by atoms with Crippen LogP contribution in [-0.4, -0.2) is 31.1 Å². The van der Waals surface area contributed by atoms with E-state index < -0.39 is 0 Å². The van der Waals surface area contributed by atoms with E-state index in [1.165, 1.54) is 12.1 Å². The van der Waals surface area contributed by atoms with Crippen molar-refractivity contribution in [3.05, 3.63) is 94.0 Å². The zero-order valence-electron chi connectivity index (χ0n) is 18.6. The number of allylic oxidation sites excluding steroid dienone is 1. The summed E-state index contributed by atoms with van der Waals surface area (Å²) in [4.78, 5) is 15.3. The van der Waals surface area contributed by atoms with E-state index in [4.69, 9.17) is 14.2 Å². The quantitative estimate of drug-likeness (QED) is 0.508. The average molecular weight is 445 g/mol. The van der Waals surface area contributed by atoms with Crippen molar-refractivity contribution in [1.29, 1.82) is 0 Å². The largest absolute Gasteiger partial charge is 0.496 e. The Morgan fingerprint density at radius 3 is 2.70 bits per heavy atom. The second-order valence-corrected chi connectivity index (χ2v) is 8.25. The number of rotatable bonds is 5. The molecule has 0 saturated carbocycles. The lowest BCUT2D eigenvalue weighted by Crippen LogP contribution is -2.34. The molecule has 5 rings (SSSR count). The molecule has 2 aliphatic rings. The molecule has 3 aromatic carbocycles. The van der Waals surface area contributed by atoms with Gasteiger partial charge in [-0.3, -0.25) is 9.69 Å². The van der Waals surface area contributed by atoms with Gasteiger partial charge in [0.05, 0.1) is 12.7 Å². The highest BCUT2D eigenvalue weighted by atomic mass is 19.1. The number of carbonyl (C=O) groups is 1. The highest BCUT2D eigenvalue weighted by molar-refractivity contribution is 6.15. The molecule has 3 aromatic rings. The van der Waals surface area contributed by atoms with Crippen LogP contribution < -0.4 is 14.2 Å². The number of methoxy groups -OCH3 is 1. The predicted molar refractivity (Wildman–Crippen MR) is 123 cm³/mol. The molecule has 0 radical (unpaired) electrons. The molecule has 0 aromatic heterocycles. The Balaban J connectivity index is 1.37. The number of halogens is 1. The van der Waals surface area contributed by atoms with Crippen molar-refractivity contribution in [3.63, 3.8) is 0 Å². The lowest BCUT2D eigenvalue weighted by molar-refractivity contribution is 0.0954. The van der Waals surface area contributed by atoms with Crippen LogP contribution in [0.15, 0.2) is 60.4 Å². The number of ketones is 1. The molecule has 2 heterocycles. The Labute approximate surface area is 192 Å². The van der Waals surface area contributed by atoms with Crippen LogP contribution in [0.4, 0.5) is 4.39 Å². The minimum Gasteiger partial charge on any atom is -0.496 e. The van der Waals surface area contributed by atoms with Gasteiger partial charge in [0.15, 0.2) is 5.76 Å². The molecule has 0 fully saturated rings. The van der Waals surface area contributed by atoms with Crippen molar-refractivity contribution in [3.8, 4) is 17.2 Å². The van der Waals surface area contributed by atoms with E-state index in [1.54, 1.807) is 25.3 Å². The smallest absolute Gasteiger partial charge is 0.231 e. The van der Waals surface area contributed by atoms with E-state index in [1.807, 2.05) is 37.3 Å². The number of Topliss-reactive ketones (excluding diaryl/α,β-unsaturated/α-hetero) is 1. The molecule has 0 spiro atoms. The van der Waals surface area contributed by atoms with Crippen molar-refractivity contribution < 1.29 is 23.4 Å². The standard InChI is InChI=1S/C27H24FNO4/c1-17-26-20(15-29(16-32-26)12-11-18-7-9-21(28)10-8-18)13-22-25(30)24(33-27(17)22)14-19-5-3-4-6-23(19)31-2/h3-10,13-14H,11-12,15-16H2,1-2H3/b24-14-. The van der Waals surface area contributed by atoms with Gasteiger partial charge < -0.3 is 14.2 Å². The van der Waals surface area contributed by atoms with Crippen LogP contribution in [0, 0.1) is 12.7 Å². The van der Waals surface area contributed by atoms with E-state index in [-0.39, 0.29) is 17.4 Å². The lowest BCUT2D eigenvalue weighted by Gasteiger charge is -2.30. The molecule has 0 aliphatic carbocycles. The van der Waals surface area contributed by atoms with Gasteiger partial charge in [0.25, 0.3) is 0 Å². The number of nitrogens with zero attached hydrogens (tertiary/aromatic N) is 1. The molecule has 168 valence electrons. The maximum Gasteiger partial charge on any atom is 0.231 e. The Morgan fingerprint density at radius 2 is 1.91 bits per heavy atom. The van der Waals surface area contributed by atoms with E-state index in [9.17, 15) is 9.18 Å². The van der Waals surface area contributed by atoms with Crippen LogP contribution in [0.1, 0.15) is 32.6 Å². The number of para-hydroxylation sites is 1. The van der Waals surface area contributed by atoms with Crippen LogP contribution in [-0.2, 0) is 13.0 Å². The second kappa shape index (κ2) is 8.71. The average Bonchev–Trinajstić information content (AvgIpc) is 3.14. The number of carbonyl (C=O) groups excluding carboxylic acids is 1. The van der Waals surface area contributed by atoms with Gasteiger partial charge in [0, 0.05) is 29.8 Å². The molecule has 5 nitrogen and oxygen atoms in total. The predicted octanol–water partition coefficient (Wildman–Crippen LogP) is 5.15. The lowest BCUT2D eigenvalue weighted by atomic mass is 9.99. The van der Waals surface area contributed by atoms with Crippen molar-refractivity contribution in [2.75, 3.05) is 20.4 Å². The zero-order valence-corrected chi connectivity index (χ0v) is 18.6. The topological polar surface area (TPSA) is 48.0 Å². The third kappa shape index (κ3) is 4.10. The van der Waals surface area contributed by atoms with Gasteiger partial charge in [-0.15, -0.1) is 0 Å². The fraction of sp³-hybridized carbons (Fsp3) is 0.222. The summed E-state index contributed by atoms with van der Waals surface area (Å²) in [7, 11) is 1.60. The van der Waals surface area contributed by atoms with Gasteiger partial charge in [-0.1, -0.05) is 30.3 Å². The van der Waals surface area contributed by atoms with Gasteiger partial charge in [-0.2, -0.15) is 0 Å². The number of fused-ring (bicyclic) bond motifs is 2. The molecule has 0 atom stereocenters. The van der Waals surface area contributed by atoms with Crippen molar-refractivity contribution in [2.24, 2.45) is 0 Å². The summed E-state index contributed by atoms with van der Waals surface area (Å²) in [5.74, 6) is 1.90. The first-order valence-corrected chi connectivity index (χ1v) is 10.9. The molecule has 0 N–H and O–H groups in total. The van der Waals surface area contributed by atoms with Crippen LogP contribution in [0.25, 0.3) is 6.08 Å². The van der Waals surface area contributed by atoms with Gasteiger partial charge >= 0.3 is 0 Å². The Morgan fingerprint density at radius 1 is 1.12 bits per heavy atom. The van der Waals surface area contributed by atoms with Gasteiger partial charge in [0.1, 0.15) is 29.8 Å². The maximum atomic E-state index is 13.1. The summed E-state index contributed by atoms with van der Waals surface area (Å²) in [6.45, 7) is 3.81. The molecular weight excluding hydrogens is 421 g/mol. The molecule has 0 saturated heterocycles. The van der Waals surface area contributed by atoms with E-state index >= 15 is 0 Å². The number of ether oxygens (including phenoxy) is 3. The Bertz CT molecular complexity index is 1250.